The molecule has 0 aliphatic rings. The Morgan fingerprint density at radius 3 is 2.94 bits per heavy atom. The summed E-state index contributed by atoms with van der Waals surface area (Å²) in [4.78, 5) is 0. The third-order valence-electron chi connectivity index (χ3n) is 3.00. The van der Waals surface area contributed by atoms with Crippen molar-refractivity contribution >= 4 is 22.3 Å². The van der Waals surface area contributed by atoms with E-state index in [1.807, 2.05) is 18.3 Å². The van der Waals surface area contributed by atoms with E-state index < -0.39 is 0 Å². The van der Waals surface area contributed by atoms with E-state index >= 15 is 0 Å². The molecule has 0 aliphatic heterocycles. The van der Waals surface area contributed by atoms with E-state index in [9.17, 15) is 0 Å². The number of nitrogen functional groups attached to an aromatic ring is 1. The molecule has 0 bridgehead atoms. The maximum absolute atomic E-state index is 6.02. The van der Waals surface area contributed by atoms with Crippen LogP contribution in [0.2, 0.25) is 0 Å². The van der Waals surface area contributed by atoms with Gasteiger partial charge in [0.15, 0.2) is 0 Å². The number of fused-ring (bicyclic) bond motifs is 1. The van der Waals surface area contributed by atoms with Gasteiger partial charge in [-0.25, -0.2) is 0 Å². The van der Waals surface area contributed by atoms with Gasteiger partial charge in [-0.15, -0.1) is 0 Å². The molecule has 5 N–H and O–H groups in total. The molecule has 2 aromatic heterocycles. The molecule has 1 unspecified atom stereocenters. The van der Waals surface area contributed by atoms with Crippen LogP contribution < -0.4 is 11.1 Å². The molecule has 3 aromatic rings. The van der Waals surface area contributed by atoms with Crippen LogP contribution >= 0.6 is 0 Å². The van der Waals surface area contributed by atoms with Crippen molar-refractivity contribution in [1.29, 1.82) is 0 Å². The molecule has 0 radical (unpaired) electrons. The van der Waals surface area contributed by atoms with Crippen LogP contribution in [0.3, 0.4) is 0 Å². The van der Waals surface area contributed by atoms with Gasteiger partial charge in [0.25, 0.3) is 0 Å². The lowest BCUT2D eigenvalue weighted by molar-refractivity contribution is 0.887. The van der Waals surface area contributed by atoms with Crippen LogP contribution in [-0.2, 0) is 0 Å². The summed E-state index contributed by atoms with van der Waals surface area (Å²) in [5, 5.41) is 18.0. The minimum atomic E-state index is 0.131. The number of H-pyrrole nitrogens is 2. The Morgan fingerprint density at radius 2 is 2.17 bits per heavy atom. The molecule has 6 nitrogen and oxygen atoms in total. The number of benzene rings is 1. The van der Waals surface area contributed by atoms with Gasteiger partial charge in [0.05, 0.1) is 35.3 Å². The van der Waals surface area contributed by atoms with E-state index in [0.717, 1.165) is 22.2 Å². The molecule has 2 heterocycles. The van der Waals surface area contributed by atoms with Crippen LogP contribution in [0.1, 0.15) is 18.5 Å². The highest BCUT2D eigenvalue weighted by Crippen LogP contribution is 2.27. The lowest BCUT2D eigenvalue weighted by atomic mass is 10.1. The van der Waals surface area contributed by atoms with Crippen LogP contribution in [0.4, 0.5) is 11.4 Å². The molecular weight excluding hydrogens is 228 g/mol. The molecule has 18 heavy (non-hydrogen) atoms. The number of aromatic amines is 2. The van der Waals surface area contributed by atoms with Gasteiger partial charge in [0.1, 0.15) is 0 Å². The number of anilines is 2. The van der Waals surface area contributed by atoms with Crippen molar-refractivity contribution in [2.75, 3.05) is 11.1 Å². The first kappa shape index (κ1) is 10.6. The van der Waals surface area contributed by atoms with Gasteiger partial charge in [0.2, 0.25) is 0 Å². The molecule has 0 saturated carbocycles. The number of nitrogens with one attached hydrogen (secondary N) is 3. The van der Waals surface area contributed by atoms with Crippen LogP contribution in [-0.4, -0.2) is 20.4 Å². The molecule has 1 aromatic carbocycles. The van der Waals surface area contributed by atoms with E-state index in [0.29, 0.717) is 5.69 Å². The first-order valence-corrected chi connectivity index (χ1v) is 5.72. The fraction of sp³-hybridized carbons (Fsp3) is 0.167. The fourth-order valence-corrected chi connectivity index (χ4v) is 1.95. The largest absolute Gasteiger partial charge is 0.397 e. The van der Waals surface area contributed by atoms with Crippen LogP contribution in [0.5, 0.6) is 0 Å². The Morgan fingerprint density at radius 1 is 1.28 bits per heavy atom. The minimum Gasteiger partial charge on any atom is -0.397 e. The van der Waals surface area contributed by atoms with Crippen LogP contribution in [0, 0.1) is 0 Å². The Bertz CT molecular complexity index is 654. The summed E-state index contributed by atoms with van der Waals surface area (Å²) in [6.07, 6.45) is 5.42. The Balaban J connectivity index is 1.92. The number of hydrogen-bond acceptors (Lipinski definition) is 4. The second-order valence-corrected chi connectivity index (χ2v) is 4.29. The predicted molar refractivity (Wildman–Crippen MR) is 71.1 cm³/mol. The van der Waals surface area contributed by atoms with Crippen molar-refractivity contribution in [3.05, 3.63) is 36.3 Å². The Kier molecular flexibility index (Phi) is 2.40. The third kappa shape index (κ3) is 1.77. The summed E-state index contributed by atoms with van der Waals surface area (Å²) in [5.74, 6) is 0. The van der Waals surface area contributed by atoms with E-state index in [4.69, 9.17) is 5.73 Å². The molecule has 0 fully saturated rings. The standard InChI is InChI=1S/C12H14N6/c1-7(9-5-14-15-6-9)17-12-3-11-8(2-10(12)13)4-16-18-11/h2-7,17H,13H2,1H3,(H,14,15)(H,16,18). The average Bonchev–Trinajstić information content (AvgIpc) is 2.98. The molecule has 92 valence electrons. The number of nitrogens with zero attached hydrogens (tertiary/aromatic N) is 2. The molecule has 3 rings (SSSR count). The van der Waals surface area contributed by atoms with E-state index in [1.54, 1.807) is 12.4 Å². The minimum absolute atomic E-state index is 0.131. The smallest absolute Gasteiger partial charge is 0.0672 e. The predicted octanol–water partition coefficient (Wildman–Crippen LogP) is 2.04. The van der Waals surface area contributed by atoms with Crippen molar-refractivity contribution in [3.8, 4) is 0 Å². The Labute approximate surface area is 104 Å². The number of hydrogen-bond donors (Lipinski definition) is 4. The van der Waals surface area contributed by atoms with Crippen LogP contribution in [0.25, 0.3) is 10.9 Å². The maximum Gasteiger partial charge on any atom is 0.0672 e. The topological polar surface area (TPSA) is 95.4 Å². The molecular formula is C12H14N6. The third-order valence-corrected chi connectivity index (χ3v) is 3.00. The van der Waals surface area contributed by atoms with Crippen molar-refractivity contribution < 1.29 is 0 Å². The fourth-order valence-electron chi connectivity index (χ4n) is 1.95. The molecule has 0 amide bonds. The van der Waals surface area contributed by atoms with Crippen molar-refractivity contribution in [1.82, 2.24) is 20.4 Å². The lowest BCUT2D eigenvalue weighted by Gasteiger charge is -2.15. The summed E-state index contributed by atoms with van der Waals surface area (Å²) in [7, 11) is 0. The number of nitrogens with two attached hydrogens (primary N) is 1. The first-order chi connectivity index (χ1) is 8.74. The number of rotatable bonds is 3. The van der Waals surface area contributed by atoms with Gasteiger partial charge >= 0.3 is 0 Å². The highest BCUT2D eigenvalue weighted by molar-refractivity contribution is 5.88. The summed E-state index contributed by atoms with van der Waals surface area (Å²) in [6, 6.07) is 4.00. The molecule has 0 saturated heterocycles. The van der Waals surface area contributed by atoms with E-state index in [2.05, 4.69) is 32.6 Å². The summed E-state index contributed by atoms with van der Waals surface area (Å²) >= 11 is 0. The van der Waals surface area contributed by atoms with Gasteiger partial charge < -0.3 is 11.1 Å². The zero-order valence-electron chi connectivity index (χ0n) is 9.94. The van der Waals surface area contributed by atoms with Gasteiger partial charge in [-0.1, -0.05) is 0 Å². The van der Waals surface area contributed by atoms with Crippen molar-refractivity contribution in [3.63, 3.8) is 0 Å². The van der Waals surface area contributed by atoms with Gasteiger partial charge in [-0.2, -0.15) is 10.2 Å². The zero-order valence-corrected chi connectivity index (χ0v) is 9.94. The van der Waals surface area contributed by atoms with Gasteiger partial charge in [-0.3, -0.25) is 10.2 Å². The van der Waals surface area contributed by atoms with Crippen molar-refractivity contribution in [2.24, 2.45) is 0 Å². The van der Waals surface area contributed by atoms with E-state index in [-0.39, 0.29) is 6.04 Å². The zero-order chi connectivity index (χ0) is 12.5. The second kappa shape index (κ2) is 4.06. The number of aromatic nitrogens is 4. The maximum atomic E-state index is 6.02. The summed E-state index contributed by atoms with van der Waals surface area (Å²) in [5.41, 5.74) is 9.66. The molecule has 0 spiro atoms. The Hall–Kier alpha value is -2.50. The second-order valence-electron chi connectivity index (χ2n) is 4.29. The quantitative estimate of drug-likeness (QED) is 0.528. The SMILES string of the molecule is CC(Nc1cc2[nH]ncc2cc1N)c1cn[nH]c1. The van der Waals surface area contributed by atoms with E-state index in [1.165, 1.54) is 0 Å². The molecule has 6 heteroatoms. The highest BCUT2D eigenvalue weighted by atomic mass is 15.1. The highest BCUT2D eigenvalue weighted by Gasteiger charge is 2.09. The summed E-state index contributed by atoms with van der Waals surface area (Å²) in [6.45, 7) is 2.06. The molecule has 0 aliphatic carbocycles. The monoisotopic (exact) mass is 242 g/mol. The van der Waals surface area contributed by atoms with Gasteiger partial charge in [0, 0.05) is 17.1 Å². The normalized spacial score (nSPS) is 12.7. The van der Waals surface area contributed by atoms with Gasteiger partial charge in [-0.05, 0) is 19.1 Å². The lowest BCUT2D eigenvalue weighted by Crippen LogP contribution is -2.07. The first-order valence-electron chi connectivity index (χ1n) is 5.72. The average molecular weight is 242 g/mol. The van der Waals surface area contributed by atoms with Crippen molar-refractivity contribution in [2.45, 2.75) is 13.0 Å². The van der Waals surface area contributed by atoms with Crippen LogP contribution in [0.15, 0.2) is 30.7 Å². The molecule has 1 atom stereocenters. The summed E-state index contributed by atoms with van der Waals surface area (Å²) < 4.78 is 0.